The van der Waals surface area contributed by atoms with Gasteiger partial charge in [0.15, 0.2) is 0 Å². The van der Waals surface area contributed by atoms with E-state index in [1.54, 1.807) is 0 Å². The number of hydrogen-bond donors (Lipinski definition) is 1. The first-order valence-electron chi connectivity index (χ1n) is 5.96. The van der Waals surface area contributed by atoms with E-state index in [0.717, 1.165) is 26.1 Å². The molecule has 0 saturated heterocycles. The summed E-state index contributed by atoms with van der Waals surface area (Å²) in [5.41, 5.74) is 3.00. The van der Waals surface area contributed by atoms with Crippen molar-refractivity contribution < 1.29 is 0 Å². The third-order valence-electron chi connectivity index (χ3n) is 3.01. The van der Waals surface area contributed by atoms with E-state index in [2.05, 4.69) is 41.7 Å². The largest absolute Gasteiger partial charge is 0.330 e. The highest BCUT2D eigenvalue weighted by molar-refractivity contribution is 5.14. The lowest BCUT2D eigenvalue weighted by Crippen LogP contribution is -2.23. The van der Waals surface area contributed by atoms with Crippen molar-refractivity contribution in [2.45, 2.75) is 39.2 Å². The molecule has 16 heavy (non-hydrogen) atoms. The van der Waals surface area contributed by atoms with Gasteiger partial charge in [-0.25, -0.2) is 4.98 Å². The topological polar surface area (TPSA) is 29.9 Å². The average molecular weight is 219 g/mol. The van der Waals surface area contributed by atoms with E-state index in [4.69, 9.17) is 0 Å². The smallest absolute Gasteiger partial charge is 0.0951 e. The van der Waals surface area contributed by atoms with Crippen LogP contribution in [0.15, 0.2) is 24.2 Å². The maximum Gasteiger partial charge on any atom is 0.0951 e. The van der Waals surface area contributed by atoms with E-state index < -0.39 is 0 Å². The van der Waals surface area contributed by atoms with Gasteiger partial charge in [0, 0.05) is 30.4 Å². The Hall–Kier alpha value is -1.09. The zero-order chi connectivity index (χ0) is 11.6. The number of nitrogens with zero attached hydrogens (tertiary/aromatic N) is 2. The minimum absolute atomic E-state index is 0.171. The van der Waals surface area contributed by atoms with Crippen LogP contribution in [0.25, 0.3) is 0 Å². The van der Waals surface area contributed by atoms with Crippen LogP contribution in [0.3, 0.4) is 0 Å². The summed E-state index contributed by atoms with van der Waals surface area (Å²) in [5.74, 6) is 0. The van der Waals surface area contributed by atoms with Crippen molar-refractivity contribution >= 4 is 0 Å². The molecule has 88 valence electrons. The number of rotatable bonds is 2. The Morgan fingerprint density at radius 3 is 2.88 bits per heavy atom. The quantitative estimate of drug-likeness (QED) is 0.772. The normalized spacial score (nSPS) is 17.3. The molecule has 0 radical (unpaired) electrons. The Morgan fingerprint density at radius 2 is 2.25 bits per heavy atom. The number of aromatic nitrogens is 2. The molecule has 0 spiro atoms. The van der Waals surface area contributed by atoms with Crippen LogP contribution in [0.2, 0.25) is 0 Å². The fraction of sp³-hybridized carbons (Fsp3) is 0.615. The third-order valence-corrected chi connectivity index (χ3v) is 3.01. The number of nitrogens with one attached hydrogen (secondary N) is 1. The first kappa shape index (κ1) is 11.4. The fourth-order valence-corrected chi connectivity index (χ4v) is 2.10. The Kier molecular flexibility index (Phi) is 3.15. The van der Waals surface area contributed by atoms with Gasteiger partial charge in [0.1, 0.15) is 0 Å². The number of imidazole rings is 1. The van der Waals surface area contributed by atoms with Crippen molar-refractivity contribution in [2.24, 2.45) is 0 Å². The monoisotopic (exact) mass is 219 g/mol. The molecule has 0 saturated carbocycles. The molecule has 0 atom stereocenters. The molecule has 0 bridgehead atoms. The SMILES string of the molecule is CC(C)(C)c1cncn1CC1=CCNCC1. The molecule has 1 aliphatic heterocycles. The predicted molar refractivity (Wildman–Crippen MR) is 66.5 cm³/mol. The van der Waals surface area contributed by atoms with Crippen molar-refractivity contribution in [1.29, 1.82) is 0 Å². The Balaban J connectivity index is 2.15. The molecular formula is C13H21N3. The average Bonchev–Trinajstić information content (AvgIpc) is 2.67. The molecule has 1 aromatic heterocycles. The van der Waals surface area contributed by atoms with E-state index in [1.165, 1.54) is 11.3 Å². The lowest BCUT2D eigenvalue weighted by atomic mass is 9.92. The van der Waals surface area contributed by atoms with Crippen molar-refractivity contribution in [3.05, 3.63) is 29.9 Å². The van der Waals surface area contributed by atoms with Gasteiger partial charge < -0.3 is 9.88 Å². The van der Waals surface area contributed by atoms with Crippen molar-refractivity contribution in [3.63, 3.8) is 0 Å². The molecule has 0 aromatic carbocycles. The van der Waals surface area contributed by atoms with Gasteiger partial charge in [0.2, 0.25) is 0 Å². The van der Waals surface area contributed by atoms with E-state index in [9.17, 15) is 0 Å². The first-order chi connectivity index (χ1) is 7.57. The van der Waals surface area contributed by atoms with Crippen LogP contribution in [0, 0.1) is 0 Å². The second kappa shape index (κ2) is 4.42. The minimum Gasteiger partial charge on any atom is -0.330 e. The van der Waals surface area contributed by atoms with Crippen molar-refractivity contribution in [2.75, 3.05) is 13.1 Å². The van der Waals surface area contributed by atoms with Gasteiger partial charge in [-0.2, -0.15) is 0 Å². The van der Waals surface area contributed by atoms with Crippen LogP contribution in [-0.2, 0) is 12.0 Å². The molecule has 2 rings (SSSR count). The van der Waals surface area contributed by atoms with E-state index in [1.807, 2.05) is 12.5 Å². The molecule has 0 amide bonds. The van der Waals surface area contributed by atoms with Gasteiger partial charge in [0.25, 0.3) is 0 Å². The molecule has 2 heterocycles. The van der Waals surface area contributed by atoms with Crippen LogP contribution in [0.5, 0.6) is 0 Å². The lowest BCUT2D eigenvalue weighted by Gasteiger charge is -2.22. The maximum atomic E-state index is 4.27. The Labute approximate surface area is 97.6 Å². The van der Waals surface area contributed by atoms with Crippen LogP contribution in [0.4, 0.5) is 0 Å². The van der Waals surface area contributed by atoms with Crippen LogP contribution in [0.1, 0.15) is 32.9 Å². The van der Waals surface area contributed by atoms with E-state index in [0.29, 0.717) is 0 Å². The van der Waals surface area contributed by atoms with Crippen molar-refractivity contribution in [1.82, 2.24) is 14.9 Å². The van der Waals surface area contributed by atoms with Gasteiger partial charge in [-0.15, -0.1) is 0 Å². The van der Waals surface area contributed by atoms with E-state index >= 15 is 0 Å². The zero-order valence-electron chi connectivity index (χ0n) is 10.5. The molecule has 1 aromatic rings. The molecule has 1 N–H and O–H groups in total. The zero-order valence-corrected chi connectivity index (χ0v) is 10.5. The summed E-state index contributed by atoms with van der Waals surface area (Å²) in [5, 5.41) is 3.34. The van der Waals surface area contributed by atoms with Gasteiger partial charge in [-0.3, -0.25) is 0 Å². The first-order valence-corrected chi connectivity index (χ1v) is 5.96. The molecule has 3 nitrogen and oxygen atoms in total. The van der Waals surface area contributed by atoms with Crippen molar-refractivity contribution in [3.8, 4) is 0 Å². The molecular weight excluding hydrogens is 198 g/mol. The molecule has 3 heteroatoms. The summed E-state index contributed by atoms with van der Waals surface area (Å²) in [6.07, 6.45) is 7.39. The van der Waals surface area contributed by atoms with Crippen LogP contribution < -0.4 is 5.32 Å². The van der Waals surface area contributed by atoms with Gasteiger partial charge in [-0.05, 0) is 13.0 Å². The fourth-order valence-electron chi connectivity index (χ4n) is 2.10. The van der Waals surface area contributed by atoms with Gasteiger partial charge in [-0.1, -0.05) is 32.4 Å². The van der Waals surface area contributed by atoms with Crippen LogP contribution in [-0.4, -0.2) is 22.6 Å². The highest BCUT2D eigenvalue weighted by Crippen LogP contribution is 2.22. The second-order valence-corrected chi connectivity index (χ2v) is 5.47. The standard InChI is InChI=1S/C13H21N3/c1-13(2,3)12-8-15-10-16(12)9-11-4-6-14-7-5-11/h4,8,10,14H,5-7,9H2,1-3H3. The van der Waals surface area contributed by atoms with E-state index in [-0.39, 0.29) is 5.41 Å². The van der Waals surface area contributed by atoms with Gasteiger partial charge >= 0.3 is 0 Å². The summed E-state index contributed by atoms with van der Waals surface area (Å²) < 4.78 is 2.27. The molecule has 0 fully saturated rings. The summed E-state index contributed by atoms with van der Waals surface area (Å²) in [6.45, 7) is 9.81. The van der Waals surface area contributed by atoms with Gasteiger partial charge in [0.05, 0.1) is 6.33 Å². The lowest BCUT2D eigenvalue weighted by molar-refractivity contribution is 0.523. The summed E-state index contributed by atoms with van der Waals surface area (Å²) >= 11 is 0. The summed E-state index contributed by atoms with van der Waals surface area (Å²) in [4.78, 5) is 4.27. The maximum absolute atomic E-state index is 4.27. The highest BCUT2D eigenvalue weighted by Gasteiger charge is 2.18. The van der Waals surface area contributed by atoms with Crippen LogP contribution >= 0.6 is 0 Å². The third kappa shape index (κ3) is 2.53. The number of hydrogen-bond acceptors (Lipinski definition) is 2. The Morgan fingerprint density at radius 1 is 1.44 bits per heavy atom. The molecule has 0 unspecified atom stereocenters. The summed E-state index contributed by atoms with van der Waals surface area (Å²) in [6, 6.07) is 0. The molecule has 0 aliphatic carbocycles. The predicted octanol–water partition coefficient (Wildman–Crippen LogP) is 2.10. The molecule has 1 aliphatic rings. The highest BCUT2D eigenvalue weighted by atomic mass is 15.1. The summed E-state index contributed by atoms with van der Waals surface area (Å²) in [7, 11) is 0. The Bertz CT molecular complexity index is 382. The minimum atomic E-state index is 0.171. The second-order valence-electron chi connectivity index (χ2n) is 5.47.